The van der Waals surface area contributed by atoms with Gasteiger partial charge in [-0.05, 0) is 56.4 Å². The molecule has 130 valence electrons. The first-order chi connectivity index (χ1) is 10.7. The second-order valence-corrected chi connectivity index (χ2v) is 5.79. The number of amides is 1. The van der Waals surface area contributed by atoms with E-state index in [1.165, 1.54) is 0 Å². The predicted octanol–water partition coefficient (Wildman–Crippen LogP) is 2.66. The van der Waals surface area contributed by atoms with Crippen LogP contribution in [-0.2, 0) is 4.79 Å². The molecule has 3 N–H and O–H groups in total. The molecule has 0 radical (unpaired) electrons. The van der Waals surface area contributed by atoms with Crippen molar-refractivity contribution in [3.8, 4) is 11.5 Å². The highest BCUT2D eigenvalue weighted by atomic mass is 35.5. The van der Waals surface area contributed by atoms with Gasteiger partial charge in [-0.3, -0.25) is 4.79 Å². The summed E-state index contributed by atoms with van der Waals surface area (Å²) in [5, 5.41) is 3.00. The van der Waals surface area contributed by atoms with Crippen LogP contribution < -0.4 is 20.5 Å². The predicted molar refractivity (Wildman–Crippen MR) is 93.3 cm³/mol. The van der Waals surface area contributed by atoms with Crippen molar-refractivity contribution < 1.29 is 14.3 Å². The lowest BCUT2D eigenvalue weighted by Gasteiger charge is -2.26. The molecular formula is C17H27ClN2O3. The van der Waals surface area contributed by atoms with Crippen LogP contribution in [0.15, 0.2) is 24.3 Å². The fourth-order valence-corrected chi connectivity index (χ4v) is 2.53. The van der Waals surface area contributed by atoms with Crippen molar-refractivity contribution in [2.24, 2.45) is 5.73 Å². The van der Waals surface area contributed by atoms with Crippen LogP contribution in [0.5, 0.6) is 11.5 Å². The molecule has 0 aliphatic heterocycles. The number of hydrogen-bond acceptors (Lipinski definition) is 4. The number of rotatable bonds is 7. The minimum atomic E-state index is -0.0771. The SMILES string of the molecule is CCCOc1ccc(OCC(=O)NC2CCC(N)CC2)cc1.Cl. The molecule has 0 bridgehead atoms. The topological polar surface area (TPSA) is 73.6 Å². The molecule has 1 amide bonds. The maximum atomic E-state index is 11.9. The third-order valence-corrected chi connectivity index (χ3v) is 3.80. The lowest BCUT2D eigenvalue weighted by molar-refractivity contribution is -0.124. The highest BCUT2D eigenvalue weighted by Gasteiger charge is 2.19. The van der Waals surface area contributed by atoms with E-state index >= 15 is 0 Å². The summed E-state index contributed by atoms with van der Waals surface area (Å²) in [5.74, 6) is 1.41. The molecule has 1 aliphatic carbocycles. The molecule has 0 saturated heterocycles. The van der Waals surface area contributed by atoms with E-state index in [0.717, 1.165) is 37.9 Å². The first-order valence-electron chi connectivity index (χ1n) is 8.08. The number of nitrogens with one attached hydrogen (secondary N) is 1. The second kappa shape index (κ2) is 10.3. The lowest BCUT2D eigenvalue weighted by atomic mass is 9.92. The Morgan fingerprint density at radius 1 is 1.13 bits per heavy atom. The number of carbonyl (C=O) groups is 1. The Morgan fingerprint density at radius 2 is 1.70 bits per heavy atom. The van der Waals surface area contributed by atoms with Crippen molar-refractivity contribution in [1.29, 1.82) is 0 Å². The molecule has 1 aromatic carbocycles. The van der Waals surface area contributed by atoms with Gasteiger partial charge in [-0.25, -0.2) is 0 Å². The smallest absolute Gasteiger partial charge is 0.258 e. The first-order valence-corrected chi connectivity index (χ1v) is 8.08. The van der Waals surface area contributed by atoms with Crippen molar-refractivity contribution >= 4 is 18.3 Å². The maximum absolute atomic E-state index is 11.9. The summed E-state index contributed by atoms with van der Waals surface area (Å²) < 4.78 is 11.0. The average Bonchev–Trinajstić information content (AvgIpc) is 2.54. The molecule has 0 aromatic heterocycles. The quantitative estimate of drug-likeness (QED) is 0.799. The van der Waals surface area contributed by atoms with Gasteiger partial charge in [-0.1, -0.05) is 6.92 Å². The summed E-state index contributed by atoms with van der Waals surface area (Å²) >= 11 is 0. The Bertz CT molecular complexity index is 459. The summed E-state index contributed by atoms with van der Waals surface area (Å²) in [4.78, 5) is 11.9. The van der Waals surface area contributed by atoms with Gasteiger partial charge in [0.25, 0.3) is 5.91 Å². The molecular weight excluding hydrogens is 316 g/mol. The molecule has 0 atom stereocenters. The Balaban J connectivity index is 0.00000264. The van der Waals surface area contributed by atoms with E-state index in [1.807, 2.05) is 24.3 Å². The van der Waals surface area contributed by atoms with Crippen LogP contribution >= 0.6 is 12.4 Å². The number of nitrogens with two attached hydrogens (primary N) is 1. The van der Waals surface area contributed by atoms with Gasteiger partial charge in [0.05, 0.1) is 6.61 Å². The van der Waals surface area contributed by atoms with E-state index in [2.05, 4.69) is 12.2 Å². The lowest BCUT2D eigenvalue weighted by Crippen LogP contribution is -2.42. The molecule has 0 unspecified atom stereocenters. The molecule has 5 nitrogen and oxygen atoms in total. The summed E-state index contributed by atoms with van der Waals surface area (Å²) in [6.07, 6.45) is 4.84. The zero-order valence-corrected chi connectivity index (χ0v) is 14.4. The van der Waals surface area contributed by atoms with Crippen LogP contribution in [0.1, 0.15) is 39.0 Å². The third kappa shape index (κ3) is 7.10. The van der Waals surface area contributed by atoms with E-state index < -0.39 is 0 Å². The first kappa shape index (κ1) is 19.6. The van der Waals surface area contributed by atoms with Crippen molar-refractivity contribution in [3.63, 3.8) is 0 Å². The van der Waals surface area contributed by atoms with Crippen LogP contribution in [0, 0.1) is 0 Å². The summed E-state index contributed by atoms with van der Waals surface area (Å²) in [5.41, 5.74) is 5.86. The Hall–Kier alpha value is -1.46. The highest BCUT2D eigenvalue weighted by molar-refractivity contribution is 5.85. The number of hydrogen-bond donors (Lipinski definition) is 2. The van der Waals surface area contributed by atoms with Crippen molar-refractivity contribution in [2.45, 2.75) is 51.1 Å². The standard InChI is InChI=1S/C17H26N2O3.ClH/c1-2-11-21-15-7-9-16(10-8-15)22-12-17(20)19-14-5-3-13(18)4-6-14;/h7-10,13-14H,2-6,11-12,18H2,1H3,(H,19,20);1H. The maximum Gasteiger partial charge on any atom is 0.258 e. The number of halogens is 1. The van der Waals surface area contributed by atoms with E-state index in [-0.39, 0.29) is 37.0 Å². The number of carbonyl (C=O) groups excluding carboxylic acids is 1. The van der Waals surface area contributed by atoms with E-state index in [4.69, 9.17) is 15.2 Å². The molecule has 1 aliphatic rings. The zero-order chi connectivity index (χ0) is 15.8. The monoisotopic (exact) mass is 342 g/mol. The average molecular weight is 343 g/mol. The molecule has 1 aromatic rings. The minimum Gasteiger partial charge on any atom is -0.494 e. The van der Waals surface area contributed by atoms with Gasteiger partial charge >= 0.3 is 0 Å². The summed E-state index contributed by atoms with van der Waals surface area (Å²) in [7, 11) is 0. The van der Waals surface area contributed by atoms with Crippen LogP contribution in [0.25, 0.3) is 0 Å². The number of benzene rings is 1. The van der Waals surface area contributed by atoms with E-state index in [9.17, 15) is 4.79 Å². The second-order valence-electron chi connectivity index (χ2n) is 5.79. The minimum absolute atomic E-state index is 0. The summed E-state index contributed by atoms with van der Waals surface area (Å²) in [6.45, 7) is 2.81. The molecule has 1 fully saturated rings. The van der Waals surface area contributed by atoms with E-state index in [0.29, 0.717) is 12.4 Å². The largest absolute Gasteiger partial charge is 0.494 e. The normalized spacial score (nSPS) is 20.3. The Morgan fingerprint density at radius 3 is 2.26 bits per heavy atom. The Labute approximate surface area is 144 Å². The van der Waals surface area contributed by atoms with Gasteiger partial charge in [-0.2, -0.15) is 0 Å². The molecule has 23 heavy (non-hydrogen) atoms. The van der Waals surface area contributed by atoms with Gasteiger partial charge < -0.3 is 20.5 Å². The van der Waals surface area contributed by atoms with Crippen LogP contribution in [0.2, 0.25) is 0 Å². The van der Waals surface area contributed by atoms with Crippen LogP contribution in [0.3, 0.4) is 0 Å². The zero-order valence-electron chi connectivity index (χ0n) is 13.6. The Kier molecular flexibility index (Phi) is 8.81. The van der Waals surface area contributed by atoms with Gasteiger partial charge in [0.1, 0.15) is 11.5 Å². The molecule has 2 rings (SSSR count). The molecule has 6 heteroatoms. The fraction of sp³-hybridized carbons (Fsp3) is 0.588. The highest BCUT2D eigenvalue weighted by Crippen LogP contribution is 2.18. The fourth-order valence-electron chi connectivity index (χ4n) is 2.53. The van der Waals surface area contributed by atoms with Crippen molar-refractivity contribution in [1.82, 2.24) is 5.32 Å². The van der Waals surface area contributed by atoms with Gasteiger partial charge in [-0.15, -0.1) is 12.4 Å². The summed E-state index contributed by atoms with van der Waals surface area (Å²) in [6, 6.07) is 7.87. The molecule has 0 spiro atoms. The van der Waals surface area contributed by atoms with Gasteiger partial charge in [0, 0.05) is 12.1 Å². The molecule has 1 saturated carbocycles. The van der Waals surface area contributed by atoms with Gasteiger partial charge in [0.2, 0.25) is 0 Å². The van der Waals surface area contributed by atoms with E-state index in [1.54, 1.807) is 0 Å². The third-order valence-electron chi connectivity index (χ3n) is 3.80. The number of ether oxygens (including phenoxy) is 2. The van der Waals surface area contributed by atoms with Crippen molar-refractivity contribution in [2.75, 3.05) is 13.2 Å². The van der Waals surface area contributed by atoms with Crippen LogP contribution in [0.4, 0.5) is 0 Å². The van der Waals surface area contributed by atoms with Crippen LogP contribution in [-0.4, -0.2) is 31.2 Å². The molecule has 0 heterocycles. The van der Waals surface area contributed by atoms with Crippen molar-refractivity contribution in [3.05, 3.63) is 24.3 Å². The van der Waals surface area contributed by atoms with Gasteiger partial charge in [0.15, 0.2) is 6.61 Å².